The highest BCUT2D eigenvalue weighted by Gasteiger charge is 2.38. The Morgan fingerprint density at radius 1 is 1.73 bits per heavy atom. The first-order chi connectivity index (χ1) is 5.18. The first-order valence-corrected chi connectivity index (χ1v) is 3.62. The molecule has 1 N–H and O–H groups in total. The SMILES string of the molecule is CCC1(OCC(=O)O)COC1. The first-order valence-electron chi connectivity index (χ1n) is 3.62. The molecule has 4 nitrogen and oxygen atoms in total. The van der Waals surface area contributed by atoms with Crippen molar-refractivity contribution in [3.8, 4) is 0 Å². The predicted octanol–water partition coefficient (Wildman–Crippen LogP) is 0.267. The molecule has 0 spiro atoms. The summed E-state index contributed by atoms with van der Waals surface area (Å²) in [5.41, 5.74) is -0.307. The van der Waals surface area contributed by atoms with Crippen LogP contribution in [0, 0.1) is 0 Å². The second-order valence-corrected chi connectivity index (χ2v) is 2.71. The zero-order valence-electron chi connectivity index (χ0n) is 6.50. The van der Waals surface area contributed by atoms with Crippen molar-refractivity contribution in [1.29, 1.82) is 0 Å². The van der Waals surface area contributed by atoms with Gasteiger partial charge in [0.25, 0.3) is 0 Å². The number of rotatable bonds is 4. The molecule has 11 heavy (non-hydrogen) atoms. The molecule has 0 atom stereocenters. The van der Waals surface area contributed by atoms with Gasteiger partial charge in [0.2, 0.25) is 0 Å². The Bertz CT molecular complexity index is 145. The van der Waals surface area contributed by atoms with Gasteiger partial charge in [0.1, 0.15) is 12.2 Å². The molecule has 1 fully saturated rings. The molecule has 1 aliphatic heterocycles. The van der Waals surface area contributed by atoms with Gasteiger partial charge >= 0.3 is 5.97 Å². The van der Waals surface area contributed by atoms with E-state index in [1.165, 1.54) is 0 Å². The van der Waals surface area contributed by atoms with Gasteiger partial charge in [-0.05, 0) is 6.42 Å². The molecule has 1 aliphatic rings. The third kappa shape index (κ3) is 1.91. The summed E-state index contributed by atoms with van der Waals surface area (Å²) in [5, 5.41) is 8.33. The summed E-state index contributed by atoms with van der Waals surface area (Å²) in [6.07, 6.45) is 0.806. The van der Waals surface area contributed by atoms with E-state index in [9.17, 15) is 4.79 Å². The molecule has 1 rings (SSSR count). The van der Waals surface area contributed by atoms with Crippen LogP contribution in [0.2, 0.25) is 0 Å². The minimum absolute atomic E-state index is 0.225. The van der Waals surface area contributed by atoms with Gasteiger partial charge in [-0.1, -0.05) is 6.92 Å². The Hall–Kier alpha value is -0.610. The van der Waals surface area contributed by atoms with E-state index in [-0.39, 0.29) is 12.2 Å². The maximum atomic E-state index is 10.1. The summed E-state index contributed by atoms with van der Waals surface area (Å²) in [4.78, 5) is 10.1. The van der Waals surface area contributed by atoms with Crippen LogP contribution in [0.5, 0.6) is 0 Å². The molecule has 4 heteroatoms. The Morgan fingerprint density at radius 3 is 2.64 bits per heavy atom. The third-order valence-electron chi connectivity index (χ3n) is 1.88. The number of aliphatic carboxylic acids is 1. The summed E-state index contributed by atoms with van der Waals surface area (Å²) in [5.74, 6) is -0.926. The van der Waals surface area contributed by atoms with Crippen LogP contribution >= 0.6 is 0 Å². The Morgan fingerprint density at radius 2 is 2.36 bits per heavy atom. The molecular weight excluding hydrogens is 148 g/mol. The van der Waals surface area contributed by atoms with Crippen LogP contribution in [-0.4, -0.2) is 36.5 Å². The van der Waals surface area contributed by atoms with E-state index in [0.29, 0.717) is 13.2 Å². The van der Waals surface area contributed by atoms with Gasteiger partial charge in [0.15, 0.2) is 0 Å². The topological polar surface area (TPSA) is 55.8 Å². The molecule has 0 amide bonds. The Labute approximate surface area is 65.1 Å². The number of hydrogen-bond donors (Lipinski definition) is 1. The van der Waals surface area contributed by atoms with E-state index in [0.717, 1.165) is 6.42 Å². The van der Waals surface area contributed by atoms with Crippen LogP contribution in [-0.2, 0) is 14.3 Å². The number of carboxylic acids is 1. The quantitative estimate of drug-likeness (QED) is 0.641. The third-order valence-corrected chi connectivity index (χ3v) is 1.88. The fourth-order valence-electron chi connectivity index (χ4n) is 0.934. The molecule has 0 aromatic carbocycles. The van der Waals surface area contributed by atoms with E-state index in [4.69, 9.17) is 14.6 Å². The zero-order chi connectivity index (χ0) is 8.32. The van der Waals surface area contributed by atoms with E-state index in [1.54, 1.807) is 0 Å². The van der Waals surface area contributed by atoms with Crippen LogP contribution < -0.4 is 0 Å². The van der Waals surface area contributed by atoms with Crippen molar-refractivity contribution in [2.45, 2.75) is 18.9 Å². The molecule has 64 valence electrons. The van der Waals surface area contributed by atoms with Crippen molar-refractivity contribution in [1.82, 2.24) is 0 Å². The summed E-state index contributed by atoms with van der Waals surface area (Å²) < 4.78 is 10.1. The lowest BCUT2D eigenvalue weighted by Gasteiger charge is -2.39. The lowest BCUT2D eigenvalue weighted by molar-refractivity contribution is -0.214. The monoisotopic (exact) mass is 160 g/mol. The highest BCUT2D eigenvalue weighted by atomic mass is 16.6. The standard InChI is InChI=1S/C7H12O4/c1-2-7(4-10-5-7)11-3-6(8)9/h2-5H2,1H3,(H,8,9). The summed E-state index contributed by atoms with van der Waals surface area (Å²) in [7, 11) is 0. The predicted molar refractivity (Wildman–Crippen MR) is 37.4 cm³/mol. The minimum atomic E-state index is -0.926. The first kappa shape index (κ1) is 8.49. The van der Waals surface area contributed by atoms with Crippen molar-refractivity contribution in [2.24, 2.45) is 0 Å². The van der Waals surface area contributed by atoms with Crippen LogP contribution in [0.15, 0.2) is 0 Å². The van der Waals surface area contributed by atoms with Crippen LogP contribution in [0.25, 0.3) is 0 Å². The zero-order valence-corrected chi connectivity index (χ0v) is 6.50. The maximum Gasteiger partial charge on any atom is 0.329 e. The van der Waals surface area contributed by atoms with Crippen LogP contribution in [0.3, 0.4) is 0 Å². The lowest BCUT2D eigenvalue weighted by atomic mass is 9.99. The average molecular weight is 160 g/mol. The Kier molecular flexibility index (Phi) is 2.46. The average Bonchev–Trinajstić information content (AvgIpc) is 1.86. The number of hydrogen-bond acceptors (Lipinski definition) is 3. The molecule has 0 unspecified atom stereocenters. The summed E-state index contributed by atoms with van der Waals surface area (Å²) in [6.45, 7) is 2.79. The Balaban J connectivity index is 2.27. The molecule has 1 heterocycles. The van der Waals surface area contributed by atoms with Gasteiger partial charge in [-0.25, -0.2) is 4.79 Å². The summed E-state index contributed by atoms with van der Waals surface area (Å²) >= 11 is 0. The van der Waals surface area contributed by atoms with Crippen molar-refractivity contribution in [3.63, 3.8) is 0 Å². The molecule has 0 saturated carbocycles. The molecule has 0 aromatic heterocycles. The van der Waals surface area contributed by atoms with Gasteiger partial charge in [-0.15, -0.1) is 0 Å². The van der Waals surface area contributed by atoms with Crippen LogP contribution in [0.1, 0.15) is 13.3 Å². The summed E-state index contributed by atoms with van der Waals surface area (Å²) in [6, 6.07) is 0. The van der Waals surface area contributed by atoms with Gasteiger partial charge in [0.05, 0.1) is 13.2 Å². The smallest absolute Gasteiger partial charge is 0.329 e. The van der Waals surface area contributed by atoms with E-state index >= 15 is 0 Å². The number of ether oxygens (including phenoxy) is 2. The minimum Gasteiger partial charge on any atom is -0.480 e. The van der Waals surface area contributed by atoms with Crippen molar-refractivity contribution in [3.05, 3.63) is 0 Å². The maximum absolute atomic E-state index is 10.1. The molecule has 1 saturated heterocycles. The highest BCUT2D eigenvalue weighted by molar-refractivity contribution is 5.68. The highest BCUT2D eigenvalue weighted by Crippen LogP contribution is 2.24. The van der Waals surface area contributed by atoms with Gasteiger partial charge in [-0.2, -0.15) is 0 Å². The van der Waals surface area contributed by atoms with E-state index in [2.05, 4.69) is 0 Å². The van der Waals surface area contributed by atoms with E-state index < -0.39 is 5.97 Å². The number of carboxylic acid groups (broad SMARTS) is 1. The van der Waals surface area contributed by atoms with E-state index in [1.807, 2.05) is 6.92 Å². The molecule has 0 aliphatic carbocycles. The molecule has 0 bridgehead atoms. The number of carbonyl (C=O) groups is 1. The largest absolute Gasteiger partial charge is 0.480 e. The van der Waals surface area contributed by atoms with Crippen molar-refractivity contribution < 1.29 is 19.4 Å². The van der Waals surface area contributed by atoms with Crippen molar-refractivity contribution in [2.75, 3.05) is 19.8 Å². The normalized spacial score (nSPS) is 20.8. The molecular formula is C7H12O4. The fraction of sp³-hybridized carbons (Fsp3) is 0.857. The van der Waals surface area contributed by atoms with Crippen LogP contribution in [0.4, 0.5) is 0 Å². The second-order valence-electron chi connectivity index (χ2n) is 2.71. The van der Waals surface area contributed by atoms with Gasteiger partial charge < -0.3 is 14.6 Å². The fourth-order valence-corrected chi connectivity index (χ4v) is 0.934. The molecule has 0 aromatic rings. The second kappa shape index (κ2) is 3.19. The lowest BCUT2D eigenvalue weighted by Crippen LogP contribution is -2.52. The van der Waals surface area contributed by atoms with Crippen molar-refractivity contribution >= 4 is 5.97 Å². The van der Waals surface area contributed by atoms with Gasteiger partial charge in [0, 0.05) is 0 Å². The van der Waals surface area contributed by atoms with Gasteiger partial charge in [-0.3, -0.25) is 0 Å². The molecule has 0 radical (unpaired) electrons.